The third kappa shape index (κ3) is 7.04. The lowest BCUT2D eigenvalue weighted by Crippen LogP contribution is -2.27. The first-order chi connectivity index (χ1) is 9.63. The minimum atomic E-state index is 0.647. The highest BCUT2D eigenvalue weighted by molar-refractivity contribution is 5.21. The number of methoxy groups -OCH3 is 1. The number of hydrogen-bond acceptors (Lipinski definition) is 3. The summed E-state index contributed by atoms with van der Waals surface area (Å²) in [4.78, 5) is 2.40. The fourth-order valence-corrected chi connectivity index (χ4v) is 2.02. The predicted molar refractivity (Wildman–Crippen MR) is 85.9 cm³/mol. The van der Waals surface area contributed by atoms with E-state index in [0.717, 1.165) is 13.1 Å². The highest BCUT2D eigenvalue weighted by Crippen LogP contribution is 2.05. The maximum Gasteiger partial charge on any atom is 0.0713 e. The third-order valence-electron chi connectivity index (χ3n) is 3.66. The van der Waals surface area contributed by atoms with Gasteiger partial charge in [-0.2, -0.15) is 0 Å². The average Bonchev–Trinajstić information content (AvgIpc) is 2.44. The molecule has 1 N–H and O–H groups in total. The lowest BCUT2D eigenvalue weighted by Gasteiger charge is -2.20. The highest BCUT2D eigenvalue weighted by Gasteiger charge is 2.01. The Morgan fingerprint density at radius 2 is 1.75 bits per heavy atom. The van der Waals surface area contributed by atoms with Crippen LogP contribution in [-0.2, 0) is 17.9 Å². The third-order valence-corrected chi connectivity index (χ3v) is 3.66. The van der Waals surface area contributed by atoms with Crippen LogP contribution in [0.25, 0.3) is 0 Å². The van der Waals surface area contributed by atoms with E-state index in [4.69, 9.17) is 4.74 Å². The Hall–Kier alpha value is -0.900. The van der Waals surface area contributed by atoms with Crippen molar-refractivity contribution in [3.63, 3.8) is 0 Å². The van der Waals surface area contributed by atoms with Crippen molar-refractivity contribution in [2.45, 2.75) is 45.9 Å². The number of nitrogens with zero attached hydrogens (tertiary/aromatic N) is 1. The van der Waals surface area contributed by atoms with Crippen LogP contribution in [-0.4, -0.2) is 38.2 Å². The molecule has 1 aromatic carbocycles. The van der Waals surface area contributed by atoms with Gasteiger partial charge in [0.1, 0.15) is 0 Å². The maximum absolute atomic E-state index is 5.11. The van der Waals surface area contributed by atoms with Crippen molar-refractivity contribution in [3.8, 4) is 0 Å². The van der Waals surface area contributed by atoms with Gasteiger partial charge in [-0.05, 0) is 58.0 Å². The quantitative estimate of drug-likeness (QED) is 0.666. The number of rotatable bonds is 10. The van der Waals surface area contributed by atoms with Gasteiger partial charge in [0.25, 0.3) is 0 Å². The molecule has 1 aromatic rings. The van der Waals surface area contributed by atoms with Gasteiger partial charge in [0.15, 0.2) is 0 Å². The summed E-state index contributed by atoms with van der Waals surface area (Å²) in [5.41, 5.74) is 2.57. The van der Waals surface area contributed by atoms with Gasteiger partial charge in [-0.1, -0.05) is 24.3 Å². The van der Waals surface area contributed by atoms with Gasteiger partial charge in [-0.25, -0.2) is 0 Å². The predicted octanol–water partition coefficient (Wildman–Crippen LogP) is 3.04. The number of hydrogen-bond donors (Lipinski definition) is 1. The molecule has 0 radical (unpaired) electrons. The Labute approximate surface area is 124 Å². The van der Waals surface area contributed by atoms with Crippen LogP contribution in [0.4, 0.5) is 0 Å². The first kappa shape index (κ1) is 17.2. The van der Waals surface area contributed by atoms with E-state index in [1.807, 2.05) is 0 Å². The van der Waals surface area contributed by atoms with Crippen molar-refractivity contribution in [3.05, 3.63) is 35.4 Å². The minimum absolute atomic E-state index is 0.647. The van der Waals surface area contributed by atoms with E-state index < -0.39 is 0 Å². The van der Waals surface area contributed by atoms with Crippen molar-refractivity contribution in [2.75, 3.05) is 27.2 Å². The summed E-state index contributed by atoms with van der Waals surface area (Å²) in [5, 5.41) is 3.51. The Bertz CT molecular complexity index is 349. The van der Waals surface area contributed by atoms with Crippen LogP contribution in [0.15, 0.2) is 24.3 Å². The smallest absolute Gasteiger partial charge is 0.0713 e. The zero-order valence-corrected chi connectivity index (χ0v) is 13.5. The fourth-order valence-electron chi connectivity index (χ4n) is 2.02. The zero-order chi connectivity index (χ0) is 14.8. The SMILES string of the molecule is COCc1ccc(CNCCCCN(C)C(C)C)cc1. The molecule has 0 spiro atoms. The van der Waals surface area contributed by atoms with E-state index in [1.54, 1.807) is 7.11 Å². The van der Waals surface area contributed by atoms with Crippen LogP contribution in [0.5, 0.6) is 0 Å². The first-order valence-electron chi connectivity index (χ1n) is 7.61. The number of benzene rings is 1. The number of nitrogens with one attached hydrogen (secondary N) is 1. The molecular formula is C17H30N2O. The molecular weight excluding hydrogens is 248 g/mol. The molecule has 3 heteroatoms. The first-order valence-corrected chi connectivity index (χ1v) is 7.61. The van der Waals surface area contributed by atoms with Gasteiger partial charge in [-0.15, -0.1) is 0 Å². The van der Waals surface area contributed by atoms with Crippen LogP contribution >= 0.6 is 0 Å². The maximum atomic E-state index is 5.11. The molecule has 0 heterocycles. The fraction of sp³-hybridized carbons (Fsp3) is 0.647. The van der Waals surface area contributed by atoms with Crippen LogP contribution < -0.4 is 5.32 Å². The summed E-state index contributed by atoms with van der Waals surface area (Å²) < 4.78 is 5.11. The molecule has 0 saturated carbocycles. The molecule has 20 heavy (non-hydrogen) atoms. The van der Waals surface area contributed by atoms with E-state index in [2.05, 4.69) is 55.4 Å². The lowest BCUT2D eigenvalue weighted by molar-refractivity contribution is 0.185. The molecule has 0 aliphatic heterocycles. The number of unbranched alkanes of at least 4 members (excludes halogenated alkanes) is 1. The van der Waals surface area contributed by atoms with E-state index in [0.29, 0.717) is 12.6 Å². The summed E-state index contributed by atoms with van der Waals surface area (Å²) in [5.74, 6) is 0. The molecule has 0 atom stereocenters. The largest absolute Gasteiger partial charge is 0.380 e. The second-order valence-corrected chi connectivity index (χ2v) is 5.71. The molecule has 3 nitrogen and oxygen atoms in total. The van der Waals surface area contributed by atoms with Gasteiger partial charge in [0.2, 0.25) is 0 Å². The van der Waals surface area contributed by atoms with Crippen LogP contribution in [0.3, 0.4) is 0 Å². The van der Waals surface area contributed by atoms with Gasteiger partial charge in [0.05, 0.1) is 6.61 Å². The Morgan fingerprint density at radius 1 is 1.10 bits per heavy atom. The summed E-state index contributed by atoms with van der Waals surface area (Å²) in [6, 6.07) is 9.27. The van der Waals surface area contributed by atoms with E-state index in [1.165, 1.54) is 30.5 Å². The van der Waals surface area contributed by atoms with Gasteiger partial charge < -0.3 is 15.0 Å². The monoisotopic (exact) mass is 278 g/mol. The average molecular weight is 278 g/mol. The van der Waals surface area contributed by atoms with E-state index >= 15 is 0 Å². The molecule has 0 aliphatic rings. The zero-order valence-electron chi connectivity index (χ0n) is 13.5. The lowest BCUT2D eigenvalue weighted by atomic mass is 10.1. The summed E-state index contributed by atoms with van der Waals surface area (Å²) in [7, 11) is 3.92. The summed E-state index contributed by atoms with van der Waals surface area (Å²) >= 11 is 0. The van der Waals surface area contributed by atoms with E-state index in [9.17, 15) is 0 Å². The Kier molecular flexibility index (Phi) is 8.51. The number of ether oxygens (including phenoxy) is 1. The van der Waals surface area contributed by atoms with Crippen molar-refractivity contribution < 1.29 is 4.74 Å². The van der Waals surface area contributed by atoms with Crippen molar-refractivity contribution in [1.29, 1.82) is 0 Å². The molecule has 114 valence electrons. The second kappa shape index (κ2) is 9.92. The standard InChI is InChI=1S/C17H30N2O/c1-15(2)19(3)12-6-5-11-18-13-16-7-9-17(10-8-16)14-20-4/h7-10,15,18H,5-6,11-14H2,1-4H3. The second-order valence-electron chi connectivity index (χ2n) is 5.71. The normalized spacial score (nSPS) is 11.5. The van der Waals surface area contributed by atoms with E-state index in [-0.39, 0.29) is 0 Å². The summed E-state index contributed by atoms with van der Waals surface area (Å²) in [6.07, 6.45) is 2.49. The molecule has 0 unspecified atom stereocenters. The van der Waals surface area contributed by atoms with Crippen molar-refractivity contribution in [2.24, 2.45) is 0 Å². The molecule has 0 fully saturated rings. The molecule has 0 aromatic heterocycles. The molecule has 0 amide bonds. The minimum Gasteiger partial charge on any atom is -0.380 e. The van der Waals surface area contributed by atoms with Gasteiger partial charge in [0, 0.05) is 19.7 Å². The topological polar surface area (TPSA) is 24.5 Å². The van der Waals surface area contributed by atoms with Gasteiger partial charge >= 0.3 is 0 Å². The highest BCUT2D eigenvalue weighted by atomic mass is 16.5. The molecule has 0 saturated heterocycles. The molecule has 0 bridgehead atoms. The Balaban J connectivity index is 2.09. The van der Waals surface area contributed by atoms with Crippen molar-refractivity contribution in [1.82, 2.24) is 10.2 Å². The molecule has 1 rings (SSSR count). The summed E-state index contributed by atoms with van der Waals surface area (Å²) in [6.45, 7) is 8.40. The molecule has 0 aliphatic carbocycles. The Morgan fingerprint density at radius 3 is 2.35 bits per heavy atom. The van der Waals surface area contributed by atoms with Crippen LogP contribution in [0.1, 0.15) is 37.8 Å². The van der Waals surface area contributed by atoms with Crippen molar-refractivity contribution >= 4 is 0 Å². The van der Waals surface area contributed by atoms with Gasteiger partial charge in [-0.3, -0.25) is 0 Å². The van der Waals surface area contributed by atoms with Crippen LogP contribution in [0, 0.1) is 0 Å². The van der Waals surface area contributed by atoms with Crippen LogP contribution in [0.2, 0.25) is 0 Å².